The van der Waals surface area contributed by atoms with Gasteiger partial charge in [-0.2, -0.15) is 0 Å². The summed E-state index contributed by atoms with van der Waals surface area (Å²) < 4.78 is 44.2. The molecule has 3 heterocycles. The van der Waals surface area contributed by atoms with Crippen molar-refractivity contribution in [2.24, 2.45) is 0 Å². The van der Waals surface area contributed by atoms with Crippen molar-refractivity contribution in [3.05, 3.63) is 41.9 Å². The molecular formula is C20H30N4O5S. The Morgan fingerprint density at radius 2 is 1.97 bits per heavy atom. The third kappa shape index (κ3) is 6.51. The van der Waals surface area contributed by atoms with Gasteiger partial charge in [-0.1, -0.05) is 13.0 Å². The van der Waals surface area contributed by atoms with E-state index in [1.54, 1.807) is 25.3 Å². The standard InChI is InChI=1S/C20H30N4O5S/c1-3-17-7-8-18(29-17)13-21-30(25,26)20-6-4-5-19(23-20)22-16(15-27-2)14-24-9-11-28-12-10-24/h4-8,16,21H,3,9-15H2,1-2H3,(H,22,23). The van der Waals surface area contributed by atoms with Gasteiger partial charge in [0.05, 0.1) is 32.4 Å². The topological polar surface area (TPSA) is 106 Å². The van der Waals surface area contributed by atoms with Crippen molar-refractivity contribution in [1.29, 1.82) is 0 Å². The zero-order chi connectivity index (χ0) is 21.4. The molecular weight excluding hydrogens is 408 g/mol. The van der Waals surface area contributed by atoms with Gasteiger partial charge < -0.3 is 19.2 Å². The number of hydrogen-bond acceptors (Lipinski definition) is 8. The number of pyridine rings is 1. The Kier molecular flexibility index (Phi) is 8.23. The molecule has 1 aliphatic rings. The van der Waals surface area contributed by atoms with Crippen molar-refractivity contribution in [1.82, 2.24) is 14.6 Å². The third-order valence-corrected chi connectivity index (χ3v) is 6.11. The van der Waals surface area contributed by atoms with Gasteiger partial charge in [0.25, 0.3) is 10.0 Å². The molecule has 0 amide bonds. The second-order valence-electron chi connectivity index (χ2n) is 7.12. The lowest BCUT2D eigenvalue weighted by Crippen LogP contribution is -2.44. The van der Waals surface area contributed by atoms with Gasteiger partial charge in [0.1, 0.15) is 17.3 Å². The first-order valence-corrected chi connectivity index (χ1v) is 11.6. The lowest BCUT2D eigenvalue weighted by molar-refractivity contribution is 0.0319. The molecule has 1 aliphatic heterocycles. The van der Waals surface area contributed by atoms with Gasteiger partial charge in [-0.05, 0) is 24.3 Å². The Morgan fingerprint density at radius 1 is 1.20 bits per heavy atom. The Balaban J connectivity index is 1.63. The number of aryl methyl sites for hydroxylation is 1. The molecule has 0 aliphatic carbocycles. The highest BCUT2D eigenvalue weighted by Crippen LogP contribution is 2.14. The largest absolute Gasteiger partial charge is 0.465 e. The van der Waals surface area contributed by atoms with Crippen molar-refractivity contribution >= 4 is 15.8 Å². The maximum absolute atomic E-state index is 12.7. The van der Waals surface area contributed by atoms with Crippen LogP contribution in [-0.4, -0.2) is 70.9 Å². The van der Waals surface area contributed by atoms with Gasteiger partial charge in [-0.15, -0.1) is 0 Å². The SMILES string of the molecule is CCc1ccc(CNS(=O)(=O)c2cccc(NC(COC)CN3CCOCC3)n2)o1. The van der Waals surface area contributed by atoms with Crippen molar-refractivity contribution in [2.45, 2.75) is 31.0 Å². The van der Waals surface area contributed by atoms with E-state index in [0.717, 1.165) is 31.8 Å². The summed E-state index contributed by atoms with van der Waals surface area (Å²) in [5, 5.41) is 3.25. The number of morpholine rings is 1. The second kappa shape index (κ2) is 10.9. The van der Waals surface area contributed by atoms with Crippen LogP contribution in [0.3, 0.4) is 0 Å². The molecule has 9 nitrogen and oxygen atoms in total. The second-order valence-corrected chi connectivity index (χ2v) is 8.83. The number of sulfonamides is 1. The molecule has 30 heavy (non-hydrogen) atoms. The van der Waals surface area contributed by atoms with Crippen molar-refractivity contribution in [3.63, 3.8) is 0 Å². The van der Waals surface area contributed by atoms with Crippen LogP contribution in [0.2, 0.25) is 0 Å². The van der Waals surface area contributed by atoms with E-state index in [1.807, 2.05) is 13.0 Å². The molecule has 2 N–H and O–H groups in total. The highest BCUT2D eigenvalue weighted by atomic mass is 32.2. The number of methoxy groups -OCH3 is 1. The van der Waals surface area contributed by atoms with E-state index in [2.05, 4.69) is 19.9 Å². The number of anilines is 1. The minimum absolute atomic E-state index is 0.0258. The molecule has 0 saturated carbocycles. The van der Waals surface area contributed by atoms with Crippen LogP contribution in [0.25, 0.3) is 0 Å². The first-order valence-electron chi connectivity index (χ1n) is 10.1. The average molecular weight is 439 g/mol. The summed E-state index contributed by atoms with van der Waals surface area (Å²) in [6.07, 6.45) is 0.759. The van der Waals surface area contributed by atoms with Crippen LogP contribution in [0.5, 0.6) is 0 Å². The summed E-state index contributed by atoms with van der Waals surface area (Å²) >= 11 is 0. The quantitative estimate of drug-likeness (QED) is 0.543. The lowest BCUT2D eigenvalue weighted by atomic mass is 10.2. The molecule has 1 atom stereocenters. The van der Waals surface area contributed by atoms with E-state index < -0.39 is 10.0 Å². The molecule has 10 heteroatoms. The first-order chi connectivity index (χ1) is 14.5. The van der Waals surface area contributed by atoms with E-state index in [9.17, 15) is 8.42 Å². The average Bonchev–Trinajstić information content (AvgIpc) is 3.22. The van der Waals surface area contributed by atoms with Crippen LogP contribution < -0.4 is 10.0 Å². The molecule has 1 fully saturated rings. The van der Waals surface area contributed by atoms with E-state index in [1.165, 1.54) is 6.07 Å². The van der Waals surface area contributed by atoms with Crippen LogP contribution in [0, 0.1) is 0 Å². The van der Waals surface area contributed by atoms with Crippen LogP contribution >= 0.6 is 0 Å². The Labute approximate surface area is 177 Å². The number of nitrogens with zero attached hydrogens (tertiary/aromatic N) is 2. The summed E-state index contributed by atoms with van der Waals surface area (Å²) in [5.74, 6) is 1.87. The van der Waals surface area contributed by atoms with Crippen molar-refractivity contribution in [3.8, 4) is 0 Å². The van der Waals surface area contributed by atoms with E-state index >= 15 is 0 Å². The molecule has 0 radical (unpaired) electrons. The maximum atomic E-state index is 12.7. The smallest absolute Gasteiger partial charge is 0.258 e. The zero-order valence-corrected chi connectivity index (χ0v) is 18.3. The summed E-state index contributed by atoms with van der Waals surface area (Å²) in [6, 6.07) is 8.48. The molecule has 0 bridgehead atoms. The van der Waals surface area contributed by atoms with E-state index in [-0.39, 0.29) is 17.6 Å². The monoisotopic (exact) mass is 438 g/mol. The number of furan rings is 1. The fourth-order valence-corrected chi connectivity index (χ4v) is 4.19. The van der Waals surface area contributed by atoms with Gasteiger partial charge >= 0.3 is 0 Å². The highest BCUT2D eigenvalue weighted by molar-refractivity contribution is 7.89. The molecule has 0 spiro atoms. The first kappa shape index (κ1) is 22.7. The van der Waals surface area contributed by atoms with Crippen molar-refractivity contribution < 1.29 is 22.3 Å². The van der Waals surface area contributed by atoms with Gasteiger partial charge in [0, 0.05) is 33.2 Å². The van der Waals surface area contributed by atoms with Gasteiger partial charge in [-0.3, -0.25) is 4.90 Å². The summed E-state index contributed by atoms with van der Waals surface area (Å²) in [4.78, 5) is 6.59. The molecule has 0 aromatic carbocycles. The Hall–Kier alpha value is -1.98. The third-order valence-electron chi connectivity index (χ3n) is 4.80. The number of aromatic nitrogens is 1. The maximum Gasteiger partial charge on any atom is 0.258 e. The molecule has 2 aromatic heterocycles. The summed E-state index contributed by atoms with van der Waals surface area (Å²) in [7, 11) is -2.13. The lowest BCUT2D eigenvalue weighted by Gasteiger charge is -2.30. The Morgan fingerprint density at radius 3 is 2.67 bits per heavy atom. The van der Waals surface area contributed by atoms with Crippen LogP contribution in [0.1, 0.15) is 18.4 Å². The van der Waals surface area contributed by atoms with E-state index in [4.69, 9.17) is 13.9 Å². The summed E-state index contributed by atoms with van der Waals surface area (Å²) in [6.45, 7) is 6.44. The highest BCUT2D eigenvalue weighted by Gasteiger charge is 2.20. The molecule has 166 valence electrons. The minimum atomic E-state index is -3.77. The Bertz CT molecular complexity index is 896. The fraction of sp³-hybridized carbons (Fsp3) is 0.550. The summed E-state index contributed by atoms with van der Waals surface area (Å²) in [5.41, 5.74) is 0. The van der Waals surface area contributed by atoms with Gasteiger partial charge in [0.2, 0.25) is 0 Å². The molecule has 2 aromatic rings. The molecule has 1 saturated heterocycles. The predicted molar refractivity (Wildman–Crippen MR) is 113 cm³/mol. The van der Waals surface area contributed by atoms with Gasteiger partial charge in [0.15, 0.2) is 5.03 Å². The van der Waals surface area contributed by atoms with Crippen molar-refractivity contribution in [2.75, 3.05) is 51.9 Å². The predicted octanol–water partition coefficient (Wildman–Crippen LogP) is 1.47. The van der Waals surface area contributed by atoms with Crippen LogP contribution in [0.15, 0.2) is 39.8 Å². The number of ether oxygens (including phenoxy) is 2. The van der Waals surface area contributed by atoms with E-state index in [0.29, 0.717) is 31.4 Å². The number of nitrogens with one attached hydrogen (secondary N) is 2. The van der Waals surface area contributed by atoms with Gasteiger partial charge in [-0.25, -0.2) is 18.1 Å². The van der Waals surface area contributed by atoms with Crippen LogP contribution in [-0.2, 0) is 32.5 Å². The zero-order valence-electron chi connectivity index (χ0n) is 17.5. The number of hydrogen-bond donors (Lipinski definition) is 2. The van der Waals surface area contributed by atoms with Crippen LogP contribution in [0.4, 0.5) is 5.82 Å². The number of rotatable bonds is 11. The normalized spacial score (nSPS) is 16.5. The molecule has 3 rings (SSSR count). The minimum Gasteiger partial charge on any atom is -0.465 e. The molecule has 1 unspecified atom stereocenters. The fourth-order valence-electron chi connectivity index (χ4n) is 3.24.